The molecular weight excluding hydrogens is 258 g/mol. The highest BCUT2D eigenvalue weighted by molar-refractivity contribution is 5.31. The van der Waals surface area contributed by atoms with Gasteiger partial charge in [-0.15, -0.1) is 0 Å². The minimum absolute atomic E-state index is 0.371. The van der Waals surface area contributed by atoms with Crippen molar-refractivity contribution in [1.82, 2.24) is 5.32 Å². The van der Waals surface area contributed by atoms with Crippen molar-refractivity contribution in [3.8, 4) is 5.75 Å². The number of nitrogens with one attached hydrogen (secondary N) is 1. The number of aryl methyl sites for hydroxylation is 1. The summed E-state index contributed by atoms with van der Waals surface area (Å²) in [6.07, 6.45) is 2.17. The molecular formula is C19H25NO. The molecule has 0 radical (unpaired) electrons. The summed E-state index contributed by atoms with van der Waals surface area (Å²) in [6.45, 7) is 5.85. The maximum Gasteiger partial charge on any atom is 0.119 e. The van der Waals surface area contributed by atoms with Crippen LogP contribution in [0, 0.1) is 0 Å². The highest BCUT2D eigenvalue weighted by Crippen LogP contribution is 2.23. The molecule has 0 heterocycles. The van der Waals surface area contributed by atoms with Crippen LogP contribution in [0.15, 0.2) is 54.6 Å². The number of rotatable bonds is 8. The van der Waals surface area contributed by atoms with Crippen LogP contribution < -0.4 is 10.1 Å². The Morgan fingerprint density at radius 3 is 2.52 bits per heavy atom. The topological polar surface area (TPSA) is 21.3 Å². The summed E-state index contributed by atoms with van der Waals surface area (Å²) in [6, 6.07) is 19.5. The van der Waals surface area contributed by atoms with Crippen LogP contribution in [0.3, 0.4) is 0 Å². The second-order valence-electron chi connectivity index (χ2n) is 5.14. The number of hydrogen-bond donors (Lipinski definition) is 1. The van der Waals surface area contributed by atoms with Gasteiger partial charge >= 0.3 is 0 Å². The van der Waals surface area contributed by atoms with Gasteiger partial charge in [0.15, 0.2) is 0 Å². The fraction of sp³-hybridized carbons (Fsp3) is 0.368. The van der Waals surface area contributed by atoms with Crippen LogP contribution in [0.2, 0.25) is 0 Å². The molecule has 0 fully saturated rings. The van der Waals surface area contributed by atoms with Gasteiger partial charge < -0.3 is 10.1 Å². The molecule has 1 N–H and O–H groups in total. The Kier molecular flexibility index (Phi) is 6.29. The molecule has 2 aromatic rings. The molecule has 112 valence electrons. The van der Waals surface area contributed by atoms with Crippen molar-refractivity contribution in [2.24, 2.45) is 0 Å². The first-order valence-electron chi connectivity index (χ1n) is 7.83. The van der Waals surface area contributed by atoms with Crippen LogP contribution in [-0.4, -0.2) is 13.2 Å². The van der Waals surface area contributed by atoms with Crippen molar-refractivity contribution in [2.45, 2.75) is 32.7 Å². The molecule has 21 heavy (non-hydrogen) atoms. The first-order chi connectivity index (χ1) is 10.3. The fourth-order valence-electron chi connectivity index (χ4n) is 2.58. The minimum atomic E-state index is 0.371. The van der Waals surface area contributed by atoms with Gasteiger partial charge in [0.1, 0.15) is 5.75 Å². The van der Waals surface area contributed by atoms with Gasteiger partial charge in [-0.25, -0.2) is 0 Å². The van der Waals surface area contributed by atoms with Crippen LogP contribution in [0.5, 0.6) is 5.75 Å². The minimum Gasteiger partial charge on any atom is -0.494 e. The standard InChI is InChI=1S/C19H25NO/c1-3-20-19(14-13-16-9-6-5-7-10-16)17-11-8-12-18(15-17)21-4-2/h5-12,15,19-20H,3-4,13-14H2,1-2H3. The monoisotopic (exact) mass is 283 g/mol. The molecule has 0 spiro atoms. The van der Waals surface area contributed by atoms with Crippen LogP contribution in [0.1, 0.15) is 37.4 Å². The lowest BCUT2D eigenvalue weighted by Crippen LogP contribution is -2.21. The lowest BCUT2D eigenvalue weighted by Gasteiger charge is -2.19. The summed E-state index contributed by atoms with van der Waals surface area (Å²) < 4.78 is 5.61. The van der Waals surface area contributed by atoms with Gasteiger partial charge in [-0.05, 0) is 49.6 Å². The van der Waals surface area contributed by atoms with E-state index in [0.717, 1.165) is 25.1 Å². The second kappa shape index (κ2) is 8.48. The predicted octanol–water partition coefficient (Wildman–Crippen LogP) is 4.37. The third kappa shape index (κ3) is 4.91. The highest BCUT2D eigenvalue weighted by atomic mass is 16.5. The van der Waals surface area contributed by atoms with Crippen LogP contribution in [0.25, 0.3) is 0 Å². The molecule has 1 unspecified atom stereocenters. The Labute approximate surface area is 128 Å². The molecule has 0 saturated carbocycles. The predicted molar refractivity (Wildman–Crippen MR) is 88.8 cm³/mol. The zero-order valence-corrected chi connectivity index (χ0v) is 13.0. The summed E-state index contributed by atoms with van der Waals surface area (Å²) >= 11 is 0. The van der Waals surface area contributed by atoms with E-state index in [9.17, 15) is 0 Å². The molecule has 0 aromatic heterocycles. The molecule has 2 nitrogen and oxygen atoms in total. The lowest BCUT2D eigenvalue weighted by molar-refractivity contribution is 0.339. The van der Waals surface area contributed by atoms with E-state index in [4.69, 9.17) is 4.74 Å². The normalized spacial score (nSPS) is 12.1. The lowest BCUT2D eigenvalue weighted by atomic mass is 9.98. The molecule has 0 aliphatic carbocycles. The van der Waals surface area contributed by atoms with Crippen LogP contribution in [0.4, 0.5) is 0 Å². The smallest absolute Gasteiger partial charge is 0.119 e. The van der Waals surface area contributed by atoms with E-state index in [1.165, 1.54) is 11.1 Å². The van der Waals surface area contributed by atoms with Gasteiger partial charge in [-0.2, -0.15) is 0 Å². The molecule has 2 aromatic carbocycles. The first kappa shape index (κ1) is 15.6. The van der Waals surface area contributed by atoms with Crippen molar-refractivity contribution >= 4 is 0 Å². The second-order valence-corrected chi connectivity index (χ2v) is 5.14. The summed E-state index contributed by atoms with van der Waals surface area (Å²) in [5.41, 5.74) is 2.69. The summed E-state index contributed by atoms with van der Waals surface area (Å²) in [5.74, 6) is 0.956. The van der Waals surface area contributed by atoms with Crippen molar-refractivity contribution in [2.75, 3.05) is 13.2 Å². The largest absolute Gasteiger partial charge is 0.494 e. The SMILES string of the molecule is CCNC(CCc1ccccc1)c1cccc(OCC)c1. The van der Waals surface area contributed by atoms with Gasteiger partial charge in [-0.1, -0.05) is 49.4 Å². The molecule has 2 heteroatoms. The maximum atomic E-state index is 5.61. The molecule has 0 saturated heterocycles. The van der Waals surface area contributed by atoms with Crippen molar-refractivity contribution in [3.63, 3.8) is 0 Å². The number of ether oxygens (including phenoxy) is 1. The van der Waals surface area contributed by atoms with E-state index in [0.29, 0.717) is 12.6 Å². The maximum absolute atomic E-state index is 5.61. The third-order valence-electron chi connectivity index (χ3n) is 3.59. The Hall–Kier alpha value is -1.80. The van der Waals surface area contributed by atoms with E-state index in [1.54, 1.807) is 0 Å². The average molecular weight is 283 g/mol. The van der Waals surface area contributed by atoms with Gasteiger partial charge in [-0.3, -0.25) is 0 Å². The molecule has 0 bridgehead atoms. The Bertz CT molecular complexity index is 524. The molecule has 0 aliphatic heterocycles. The van der Waals surface area contributed by atoms with Crippen LogP contribution in [-0.2, 0) is 6.42 Å². The number of hydrogen-bond acceptors (Lipinski definition) is 2. The van der Waals surface area contributed by atoms with Gasteiger partial charge in [0.2, 0.25) is 0 Å². The first-order valence-corrected chi connectivity index (χ1v) is 7.83. The van der Waals surface area contributed by atoms with Gasteiger partial charge in [0.25, 0.3) is 0 Å². The summed E-state index contributed by atoms with van der Waals surface area (Å²) in [4.78, 5) is 0. The zero-order valence-electron chi connectivity index (χ0n) is 13.0. The Balaban J connectivity index is 2.05. The van der Waals surface area contributed by atoms with E-state index in [1.807, 2.05) is 13.0 Å². The van der Waals surface area contributed by atoms with Gasteiger partial charge in [0, 0.05) is 6.04 Å². The summed E-state index contributed by atoms with van der Waals surface area (Å²) in [7, 11) is 0. The van der Waals surface area contributed by atoms with E-state index >= 15 is 0 Å². The highest BCUT2D eigenvalue weighted by Gasteiger charge is 2.11. The van der Waals surface area contributed by atoms with Crippen LogP contribution >= 0.6 is 0 Å². The van der Waals surface area contributed by atoms with E-state index < -0.39 is 0 Å². The third-order valence-corrected chi connectivity index (χ3v) is 3.59. The quantitative estimate of drug-likeness (QED) is 0.777. The molecule has 0 amide bonds. The Morgan fingerprint density at radius 2 is 1.81 bits per heavy atom. The van der Waals surface area contributed by atoms with E-state index in [2.05, 4.69) is 60.8 Å². The molecule has 0 aliphatic rings. The number of benzene rings is 2. The summed E-state index contributed by atoms with van der Waals surface area (Å²) in [5, 5.41) is 3.58. The molecule has 2 rings (SSSR count). The Morgan fingerprint density at radius 1 is 1.00 bits per heavy atom. The van der Waals surface area contributed by atoms with Crippen molar-refractivity contribution < 1.29 is 4.74 Å². The van der Waals surface area contributed by atoms with Crippen molar-refractivity contribution in [3.05, 3.63) is 65.7 Å². The molecule has 1 atom stereocenters. The van der Waals surface area contributed by atoms with Crippen molar-refractivity contribution in [1.29, 1.82) is 0 Å². The van der Waals surface area contributed by atoms with E-state index in [-0.39, 0.29) is 0 Å². The van der Waals surface area contributed by atoms with Gasteiger partial charge in [0.05, 0.1) is 6.61 Å². The fourth-order valence-corrected chi connectivity index (χ4v) is 2.58. The zero-order chi connectivity index (χ0) is 14.9. The average Bonchev–Trinajstić information content (AvgIpc) is 2.53.